The molecule has 0 amide bonds. The van der Waals surface area contributed by atoms with Gasteiger partial charge in [0.25, 0.3) is 0 Å². The minimum absolute atomic E-state index is 0. The summed E-state index contributed by atoms with van der Waals surface area (Å²) >= 11 is 0. The van der Waals surface area contributed by atoms with Gasteiger partial charge in [-0.15, -0.1) is 0 Å². The van der Waals surface area contributed by atoms with E-state index in [4.69, 9.17) is 0 Å². The zero-order valence-electron chi connectivity index (χ0n) is 73.8. The molecule has 0 heterocycles. The van der Waals surface area contributed by atoms with Gasteiger partial charge in [-0.1, -0.05) is 124 Å². The van der Waals surface area contributed by atoms with Gasteiger partial charge in [0.05, 0.1) is 215 Å². The van der Waals surface area contributed by atoms with E-state index in [1.54, 1.807) is 0 Å². The molecule has 0 aliphatic carbocycles. The zero-order chi connectivity index (χ0) is 71.2. The maximum Gasteiger partial charge on any atom is 0.0809 e. The van der Waals surface area contributed by atoms with E-state index >= 15 is 0 Å². The van der Waals surface area contributed by atoms with Gasteiger partial charge in [-0.2, -0.15) is 0 Å². The molecule has 0 unspecified atom stereocenters. The quantitative estimate of drug-likeness (QED) is 0.0437. The van der Waals surface area contributed by atoms with Crippen LogP contribution in [-0.4, -0.2) is 251 Å². The Kier molecular flexibility index (Phi) is 114. The van der Waals surface area contributed by atoms with Crippen molar-refractivity contribution in [3.63, 3.8) is 0 Å². The zero-order valence-corrected chi connectivity index (χ0v) is 79.9. The highest BCUT2D eigenvalue weighted by Crippen LogP contribution is 2.16. The minimum atomic E-state index is 0. The number of hydrogen-bond acceptors (Lipinski definition) is 0. The molecule has 0 N–H and O–H groups in total. The lowest BCUT2D eigenvalue weighted by Crippen LogP contribution is -3.00. The van der Waals surface area contributed by atoms with Crippen molar-refractivity contribution < 1.29 is 135 Å². The van der Waals surface area contributed by atoms with E-state index in [9.17, 15) is 0 Å². The van der Waals surface area contributed by atoms with Crippen LogP contribution in [0.2, 0.25) is 0 Å². The standard InChI is InChI=1S/C13H30N.C12H28N.C11H26N.2C10H24N.C9H22N.C8H20N.C7H18N.8ClH/c1-6-14(7-2,8-3)12-10-9-11-13(4)5;1-6-13(7-2,8-3)11-9-10-12(4)5;1-6-12(7-2,8-3)10-9-11(4)5;1-10(2)8-6-7-9-11(3,4)5;1-6-11(7-2,8-3)9-10(4)5;1-9(2)7-6-8-10(3,4)5;1-8(2)6-7-9(3,4)5;1-7(2)6-8(3,4)5;;;;;;;;/h13H,6-12H2,1-5H3;12H,6-11H2,1-5H3;11H,6-10H2,1-5H3;2*10H,6-9H2,1-5H3;9H,6-8H2,1-5H3;8H,6-7H2,1-5H3;7H,6H2,1-5H3;8*1H/q8*+1;;;;;;;;/p-8. The minimum Gasteiger partial charge on any atom is -1.00 e. The molecule has 608 valence electrons. The maximum absolute atomic E-state index is 2.33. The molecule has 0 aliphatic rings. The first-order valence-electron chi connectivity index (χ1n) is 38.7. The molecule has 0 rings (SSSR count). The number of rotatable bonds is 40. The number of hydrogen-bond donors (Lipinski definition) is 0. The molecule has 0 aliphatic heterocycles. The predicted octanol–water partition coefficient (Wildman–Crippen LogP) is -3.82. The van der Waals surface area contributed by atoms with Crippen LogP contribution in [0.4, 0.5) is 0 Å². The van der Waals surface area contributed by atoms with Crippen LogP contribution in [0, 0.1) is 47.3 Å². The lowest BCUT2D eigenvalue weighted by Gasteiger charge is -2.37. The predicted molar refractivity (Wildman–Crippen MR) is 413 cm³/mol. The second-order valence-corrected chi connectivity index (χ2v) is 35.0. The monoisotopic (exact) mass is 1550 g/mol. The fraction of sp³-hybridized carbons (Fsp3) is 1.00. The van der Waals surface area contributed by atoms with Crippen molar-refractivity contribution in [2.45, 2.75) is 271 Å². The van der Waals surface area contributed by atoms with Crippen LogP contribution in [0.25, 0.3) is 0 Å². The number of unbranched alkanes of at least 4 members (excludes halogenated alkanes) is 2. The third kappa shape index (κ3) is 107. The Morgan fingerprint density at radius 1 is 0.167 bits per heavy atom. The van der Waals surface area contributed by atoms with E-state index in [1.165, 1.54) is 226 Å². The van der Waals surface area contributed by atoms with Gasteiger partial charge in [0.1, 0.15) is 0 Å². The van der Waals surface area contributed by atoms with Crippen molar-refractivity contribution in [2.75, 3.05) is 215 Å². The van der Waals surface area contributed by atoms with Gasteiger partial charge in [0, 0.05) is 11.8 Å². The van der Waals surface area contributed by atoms with Gasteiger partial charge in [-0.3, -0.25) is 0 Å². The number of quaternary nitrogens is 8. The maximum atomic E-state index is 2.33. The van der Waals surface area contributed by atoms with E-state index < -0.39 is 0 Å². The molecule has 0 aromatic heterocycles. The molecule has 0 fully saturated rings. The van der Waals surface area contributed by atoms with Crippen molar-refractivity contribution >= 4 is 0 Å². The average Bonchev–Trinajstić information content (AvgIpc) is 3.40. The topological polar surface area (TPSA) is 0 Å². The highest BCUT2D eigenvalue weighted by Gasteiger charge is 2.23. The third-order valence-electron chi connectivity index (χ3n) is 18.8. The molecular formula is C80H192Cl8N8. The largest absolute Gasteiger partial charge is 1.00 e. The van der Waals surface area contributed by atoms with E-state index in [2.05, 4.69) is 278 Å². The summed E-state index contributed by atoms with van der Waals surface area (Å²) in [4.78, 5) is 0. The van der Waals surface area contributed by atoms with Crippen LogP contribution < -0.4 is 99.3 Å². The van der Waals surface area contributed by atoms with Crippen molar-refractivity contribution in [1.29, 1.82) is 0 Å². The average molecular weight is 1550 g/mol. The molecule has 0 spiro atoms. The van der Waals surface area contributed by atoms with E-state index in [-0.39, 0.29) is 99.3 Å². The van der Waals surface area contributed by atoms with Crippen molar-refractivity contribution in [3.05, 3.63) is 0 Å². The van der Waals surface area contributed by atoms with E-state index in [0.717, 1.165) is 65.3 Å². The highest BCUT2D eigenvalue weighted by molar-refractivity contribution is 4.51. The first-order valence-corrected chi connectivity index (χ1v) is 38.7. The van der Waals surface area contributed by atoms with Crippen LogP contribution in [-0.2, 0) is 0 Å². The first kappa shape index (κ1) is 137. The SMILES string of the molecule is CC(C)CCCC[N+](C)(C)C.CC(C)CCC[N+](C)(C)C.CC(C)CC[N+](C)(C)C.CC(C)C[N+](C)(C)C.CC[N+](CC)(CC)CC(C)C.CC[N+](CC)(CC)CCC(C)C.CC[N+](CC)(CC)CCCC(C)C.CC[N+](CC)(CC)CCCCC(C)C.[Cl-].[Cl-].[Cl-].[Cl-].[Cl-].[Cl-].[Cl-].[Cl-]. The fourth-order valence-corrected chi connectivity index (χ4v) is 11.5. The van der Waals surface area contributed by atoms with Crippen LogP contribution in [0.1, 0.15) is 271 Å². The van der Waals surface area contributed by atoms with Crippen molar-refractivity contribution in [2.24, 2.45) is 47.3 Å². The Bertz CT molecular complexity index is 1360. The first-order chi connectivity index (χ1) is 40.1. The molecule has 0 bridgehead atoms. The number of nitrogens with zero attached hydrogens (tertiary/aromatic N) is 8. The van der Waals surface area contributed by atoms with E-state index in [1.807, 2.05) is 0 Å². The fourth-order valence-electron chi connectivity index (χ4n) is 11.5. The molecule has 96 heavy (non-hydrogen) atoms. The molecule has 8 nitrogen and oxygen atoms in total. The molecule has 0 radical (unpaired) electrons. The van der Waals surface area contributed by atoms with Crippen molar-refractivity contribution in [3.8, 4) is 0 Å². The van der Waals surface area contributed by atoms with Gasteiger partial charge < -0.3 is 135 Å². The van der Waals surface area contributed by atoms with Gasteiger partial charge in [0.2, 0.25) is 0 Å². The summed E-state index contributed by atoms with van der Waals surface area (Å²) in [5.41, 5.74) is 0. The lowest BCUT2D eigenvalue weighted by atomic mass is 10.1. The summed E-state index contributed by atoms with van der Waals surface area (Å²) in [5.74, 6) is 6.84. The smallest absolute Gasteiger partial charge is 0.0809 e. The van der Waals surface area contributed by atoms with Crippen LogP contribution in [0.3, 0.4) is 0 Å². The Morgan fingerprint density at radius 2 is 0.354 bits per heavy atom. The molecule has 0 atom stereocenters. The van der Waals surface area contributed by atoms with Crippen LogP contribution >= 0.6 is 0 Å². The van der Waals surface area contributed by atoms with Gasteiger partial charge in [0.15, 0.2) is 0 Å². The molecule has 0 saturated carbocycles. The molecule has 16 heteroatoms. The third-order valence-corrected chi connectivity index (χ3v) is 18.8. The van der Waals surface area contributed by atoms with Gasteiger partial charge >= 0.3 is 0 Å². The Morgan fingerprint density at radius 3 is 0.531 bits per heavy atom. The second kappa shape index (κ2) is 79.6. The summed E-state index contributed by atoms with van der Waals surface area (Å²) < 4.78 is 9.61. The lowest BCUT2D eigenvalue weighted by molar-refractivity contribution is -0.926. The number of halogens is 8. The summed E-state index contributed by atoms with van der Waals surface area (Å²) in [7, 11) is 26.9. The van der Waals surface area contributed by atoms with E-state index in [0.29, 0.717) is 0 Å². The summed E-state index contributed by atoms with van der Waals surface area (Å²) in [5, 5.41) is 0. The summed E-state index contributed by atoms with van der Waals surface area (Å²) in [6.45, 7) is 90.7. The summed E-state index contributed by atoms with van der Waals surface area (Å²) in [6.07, 6.45) is 16.6. The Hall–Kier alpha value is 2.00. The normalized spacial score (nSPS) is 11.5. The summed E-state index contributed by atoms with van der Waals surface area (Å²) in [6, 6.07) is 0. The Labute approximate surface area is 664 Å². The van der Waals surface area contributed by atoms with Gasteiger partial charge in [-0.05, 0) is 183 Å². The van der Waals surface area contributed by atoms with Crippen LogP contribution in [0.5, 0.6) is 0 Å². The van der Waals surface area contributed by atoms with Crippen LogP contribution in [0.15, 0.2) is 0 Å². The van der Waals surface area contributed by atoms with Gasteiger partial charge in [-0.25, -0.2) is 0 Å². The Balaban J connectivity index is -0.0000000540. The molecular weight excluding hydrogens is 1360 g/mol. The second-order valence-electron chi connectivity index (χ2n) is 35.0. The van der Waals surface area contributed by atoms with Crippen molar-refractivity contribution in [1.82, 2.24) is 0 Å². The molecule has 0 aromatic rings. The highest BCUT2D eigenvalue weighted by atomic mass is 35.5. The molecule has 0 saturated heterocycles. The molecule has 0 aromatic carbocycles.